The van der Waals surface area contributed by atoms with Crippen molar-refractivity contribution in [2.45, 2.75) is 39.3 Å². The van der Waals surface area contributed by atoms with E-state index in [0.717, 1.165) is 29.1 Å². The Kier molecular flexibility index (Phi) is 4.98. The molecule has 0 aliphatic carbocycles. The van der Waals surface area contributed by atoms with Gasteiger partial charge < -0.3 is 4.74 Å². The molecule has 0 saturated carbocycles. The molecule has 5 nitrogen and oxygen atoms in total. The maximum absolute atomic E-state index is 5.78. The Bertz CT molecular complexity index is 592. The molecule has 0 radical (unpaired) electrons. The zero-order valence-corrected chi connectivity index (χ0v) is 13.1. The zero-order chi connectivity index (χ0) is 15.4. The number of hydrogen-bond donors (Lipinski definition) is 2. The van der Waals surface area contributed by atoms with Crippen LogP contribution in [0.25, 0.3) is 0 Å². The van der Waals surface area contributed by atoms with Crippen molar-refractivity contribution in [1.82, 2.24) is 15.2 Å². The van der Waals surface area contributed by atoms with Crippen LogP contribution in [-0.4, -0.2) is 15.9 Å². The largest absolute Gasteiger partial charge is 0.491 e. The number of rotatable bonds is 6. The number of nitrogens with zero attached hydrogens (tertiary/aromatic N) is 2. The highest BCUT2D eigenvalue weighted by atomic mass is 16.5. The first kappa shape index (κ1) is 15.5. The summed E-state index contributed by atoms with van der Waals surface area (Å²) < 4.78 is 7.63. The van der Waals surface area contributed by atoms with E-state index < -0.39 is 0 Å². The highest BCUT2D eigenvalue weighted by molar-refractivity contribution is 5.35. The van der Waals surface area contributed by atoms with E-state index in [1.54, 1.807) is 0 Å². The van der Waals surface area contributed by atoms with Gasteiger partial charge in [0.05, 0.1) is 23.5 Å². The lowest BCUT2D eigenvalue weighted by Gasteiger charge is -2.18. The Morgan fingerprint density at radius 1 is 1.33 bits per heavy atom. The van der Waals surface area contributed by atoms with Crippen LogP contribution < -0.4 is 16.0 Å². The lowest BCUT2D eigenvalue weighted by Crippen LogP contribution is -2.30. The van der Waals surface area contributed by atoms with E-state index in [0.29, 0.717) is 0 Å². The van der Waals surface area contributed by atoms with Crippen LogP contribution in [0.3, 0.4) is 0 Å². The van der Waals surface area contributed by atoms with Gasteiger partial charge in [0.15, 0.2) is 0 Å². The predicted molar refractivity (Wildman–Crippen MR) is 84.0 cm³/mol. The first-order valence-corrected chi connectivity index (χ1v) is 7.30. The molecule has 0 aliphatic heterocycles. The van der Waals surface area contributed by atoms with Crippen molar-refractivity contribution in [2.75, 3.05) is 0 Å². The minimum atomic E-state index is -0.112. The van der Waals surface area contributed by atoms with Crippen LogP contribution in [0.4, 0.5) is 0 Å². The molecule has 5 heteroatoms. The number of nitrogens with one attached hydrogen (secondary N) is 1. The summed E-state index contributed by atoms with van der Waals surface area (Å²) in [4.78, 5) is 0. The number of hydrogen-bond acceptors (Lipinski definition) is 4. The molecule has 0 amide bonds. The SMILES string of the molecule is CCc1cc(C(NN)c2cccc(OC(C)C)c2)n(C)n1. The topological polar surface area (TPSA) is 65.1 Å². The van der Waals surface area contributed by atoms with Crippen molar-refractivity contribution in [1.29, 1.82) is 0 Å². The van der Waals surface area contributed by atoms with Gasteiger partial charge in [0.2, 0.25) is 0 Å². The van der Waals surface area contributed by atoms with Crippen LogP contribution in [0.5, 0.6) is 5.75 Å². The highest BCUT2D eigenvalue weighted by Gasteiger charge is 2.18. The van der Waals surface area contributed by atoms with Crippen LogP contribution in [0.2, 0.25) is 0 Å². The van der Waals surface area contributed by atoms with Crippen LogP contribution in [0.15, 0.2) is 30.3 Å². The molecule has 0 fully saturated rings. The summed E-state index contributed by atoms with van der Waals surface area (Å²) in [7, 11) is 1.94. The molecule has 2 aromatic rings. The van der Waals surface area contributed by atoms with Crippen molar-refractivity contribution in [3.63, 3.8) is 0 Å². The smallest absolute Gasteiger partial charge is 0.120 e. The van der Waals surface area contributed by atoms with E-state index in [1.807, 2.05) is 49.8 Å². The molecular formula is C16H24N4O. The third kappa shape index (κ3) is 3.62. The van der Waals surface area contributed by atoms with Crippen molar-refractivity contribution in [2.24, 2.45) is 12.9 Å². The summed E-state index contributed by atoms with van der Waals surface area (Å²) in [5, 5.41) is 4.48. The van der Waals surface area contributed by atoms with Gasteiger partial charge in [-0.25, -0.2) is 5.43 Å². The minimum absolute atomic E-state index is 0.112. The monoisotopic (exact) mass is 288 g/mol. The molecular weight excluding hydrogens is 264 g/mol. The normalized spacial score (nSPS) is 12.7. The molecule has 21 heavy (non-hydrogen) atoms. The number of nitrogens with two attached hydrogens (primary N) is 1. The van der Waals surface area contributed by atoms with Crippen molar-refractivity contribution in [3.05, 3.63) is 47.3 Å². The first-order valence-electron chi connectivity index (χ1n) is 7.30. The number of aryl methyl sites for hydroxylation is 2. The van der Waals surface area contributed by atoms with Gasteiger partial charge in [0.1, 0.15) is 5.75 Å². The summed E-state index contributed by atoms with van der Waals surface area (Å²) in [6.07, 6.45) is 1.05. The summed E-state index contributed by atoms with van der Waals surface area (Å²) in [6.45, 7) is 6.12. The summed E-state index contributed by atoms with van der Waals surface area (Å²) in [6, 6.07) is 9.96. The van der Waals surface area contributed by atoms with Crippen molar-refractivity contribution in [3.8, 4) is 5.75 Å². The van der Waals surface area contributed by atoms with Crippen LogP contribution in [-0.2, 0) is 13.5 Å². The number of aromatic nitrogens is 2. The third-order valence-electron chi connectivity index (χ3n) is 3.35. The van der Waals surface area contributed by atoms with Gasteiger partial charge >= 0.3 is 0 Å². The average molecular weight is 288 g/mol. The Morgan fingerprint density at radius 3 is 2.67 bits per heavy atom. The van der Waals surface area contributed by atoms with Gasteiger partial charge in [-0.1, -0.05) is 19.1 Å². The first-order chi connectivity index (χ1) is 10.0. The maximum Gasteiger partial charge on any atom is 0.120 e. The van der Waals surface area contributed by atoms with Gasteiger partial charge in [0, 0.05) is 7.05 Å². The van der Waals surface area contributed by atoms with Gasteiger partial charge in [-0.15, -0.1) is 0 Å². The van der Waals surface area contributed by atoms with E-state index in [9.17, 15) is 0 Å². The number of benzene rings is 1. The second kappa shape index (κ2) is 6.74. The van der Waals surface area contributed by atoms with Gasteiger partial charge in [-0.05, 0) is 44.0 Å². The molecule has 0 spiro atoms. The third-order valence-corrected chi connectivity index (χ3v) is 3.35. The molecule has 1 unspecified atom stereocenters. The molecule has 114 valence electrons. The van der Waals surface area contributed by atoms with Crippen LogP contribution in [0.1, 0.15) is 43.8 Å². The van der Waals surface area contributed by atoms with E-state index >= 15 is 0 Å². The second-order valence-electron chi connectivity index (χ2n) is 5.38. The zero-order valence-electron chi connectivity index (χ0n) is 13.1. The van der Waals surface area contributed by atoms with Crippen molar-refractivity contribution >= 4 is 0 Å². The molecule has 1 aromatic heterocycles. The Morgan fingerprint density at radius 2 is 2.10 bits per heavy atom. The van der Waals surface area contributed by atoms with E-state index in [4.69, 9.17) is 10.6 Å². The summed E-state index contributed by atoms with van der Waals surface area (Å²) in [5.41, 5.74) is 6.03. The van der Waals surface area contributed by atoms with Gasteiger partial charge in [0.25, 0.3) is 0 Å². The summed E-state index contributed by atoms with van der Waals surface area (Å²) in [5.74, 6) is 6.62. The van der Waals surface area contributed by atoms with Crippen LogP contribution in [0, 0.1) is 0 Å². The lowest BCUT2D eigenvalue weighted by molar-refractivity contribution is 0.242. The fraction of sp³-hybridized carbons (Fsp3) is 0.438. The Labute approximate surface area is 126 Å². The molecule has 1 aromatic carbocycles. The minimum Gasteiger partial charge on any atom is -0.491 e. The van der Waals surface area contributed by atoms with Gasteiger partial charge in [-0.2, -0.15) is 5.10 Å². The van der Waals surface area contributed by atoms with E-state index in [1.165, 1.54) is 0 Å². The maximum atomic E-state index is 5.78. The van der Waals surface area contributed by atoms with Crippen LogP contribution >= 0.6 is 0 Å². The average Bonchev–Trinajstić information content (AvgIpc) is 2.81. The quantitative estimate of drug-likeness (QED) is 0.632. The fourth-order valence-electron chi connectivity index (χ4n) is 2.38. The molecule has 2 rings (SSSR count). The van der Waals surface area contributed by atoms with E-state index in [2.05, 4.69) is 23.5 Å². The van der Waals surface area contributed by atoms with Crippen molar-refractivity contribution < 1.29 is 4.74 Å². The molecule has 0 aliphatic rings. The van der Waals surface area contributed by atoms with E-state index in [-0.39, 0.29) is 12.1 Å². The number of hydrazine groups is 1. The predicted octanol–water partition coefficient (Wildman–Crippen LogP) is 2.32. The van der Waals surface area contributed by atoms with Gasteiger partial charge in [-0.3, -0.25) is 10.5 Å². The molecule has 0 bridgehead atoms. The Hall–Kier alpha value is -1.85. The number of ether oxygens (including phenoxy) is 1. The lowest BCUT2D eigenvalue weighted by atomic mass is 10.0. The highest BCUT2D eigenvalue weighted by Crippen LogP contribution is 2.25. The summed E-state index contributed by atoms with van der Waals surface area (Å²) >= 11 is 0. The molecule has 0 saturated heterocycles. The fourth-order valence-corrected chi connectivity index (χ4v) is 2.38. The Balaban J connectivity index is 2.34. The molecule has 1 atom stereocenters. The molecule has 3 N–H and O–H groups in total. The standard InChI is InChI=1S/C16H24N4O/c1-5-13-10-15(20(4)19-13)16(18-17)12-7-6-8-14(9-12)21-11(2)3/h6-11,16,18H,5,17H2,1-4H3. The second-order valence-corrected chi connectivity index (χ2v) is 5.38. The molecule has 1 heterocycles.